The molecule has 3 N–H and O–H groups in total. The van der Waals surface area contributed by atoms with E-state index in [1.54, 1.807) is 0 Å². The molecule has 3 amide bonds. The van der Waals surface area contributed by atoms with Crippen LogP contribution in [0.5, 0.6) is 0 Å². The maximum Gasteiger partial charge on any atom is 0.305 e. The van der Waals surface area contributed by atoms with Crippen molar-refractivity contribution in [2.45, 2.75) is 57.0 Å². The summed E-state index contributed by atoms with van der Waals surface area (Å²) in [6.45, 7) is 4.79. The number of piperidine rings is 1. The average Bonchev–Trinajstić information content (AvgIpc) is 2.71. The summed E-state index contributed by atoms with van der Waals surface area (Å²) in [6, 6.07) is -1.16. The van der Waals surface area contributed by atoms with Crippen molar-refractivity contribution >= 4 is 23.7 Å². The minimum Gasteiger partial charge on any atom is -0.469 e. The van der Waals surface area contributed by atoms with E-state index < -0.39 is 18.0 Å². The Morgan fingerprint density at radius 3 is 2.68 bits per heavy atom. The van der Waals surface area contributed by atoms with Crippen molar-refractivity contribution in [2.24, 2.45) is 0 Å². The smallest absolute Gasteiger partial charge is 0.305 e. The third-order valence-electron chi connectivity index (χ3n) is 5.11. The summed E-state index contributed by atoms with van der Waals surface area (Å²) in [6.07, 6.45) is 4.31. The Balaban J connectivity index is 2.07. The van der Waals surface area contributed by atoms with Crippen LogP contribution in [0.1, 0.15) is 44.9 Å². The van der Waals surface area contributed by atoms with E-state index in [9.17, 15) is 19.2 Å². The van der Waals surface area contributed by atoms with Crippen molar-refractivity contribution in [2.75, 3.05) is 26.7 Å². The molecule has 1 unspecified atom stereocenters. The first-order chi connectivity index (χ1) is 13.4. The maximum absolute atomic E-state index is 12.9. The Morgan fingerprint density at radius 1 is 1.14 bits per heavy atom. The summed E-state index contributed by atoms with van der Waals surface area (Å²) >= 11 is 0. The molecule has 2 aliphatic heterocycles. The van der Waals surface area contributed by atoms with E-state index in [1.807, 2.05) is 4.90 Å². The van der Waals surface area contributed by atoms with Gasteiger partial charge in [0.15, 0.2) is 0 Å². The molecule has 0 aromatic heterocycles. The lowest BCUT2D eigenvalue weighted by molar-refractivity contribution is -0.140. The van der Waals surface area contributed by atoms with Gasteiger partial charge in [0, 0.05) is 18.7 Å². The molecule has 2 fully saturated rings. The number of esters is 1. The number of hydrogen-bond acceptors (Lipinski definition) is 6. The van der Waals surface area contributed by atoms with E-state index in [0.717, 1.165) is 12.8 Å². The molecule has 2 heterocycles. The minimum absolute atomic E-state index is 0.163. The summed E-state index contributed by atoms with van der Waals surface area (Å²) in [5.74, 6) is -1.22. The molecular weight excluding hydrogens is 364 g/mol. The van der Waals surface area contributed by atoms with Crippen LogP contribution < -0.4 is 16.0 Å². The van der Waals surface area contributed by atoms with Crippen molar-refractivity contribution in [3.8, 4) is 0 Å². The molecule has 9 heteroatoms. The lowest BCUT2D eigenvalue weighted by Crippen LogP contribution is -2.56. The van der Waals surface area contributed by atoms with Gasteiger partial charge in [-0.15, -0.1) is 0 Å². The second-order valence-electron chi connectivity index (χ2n) is 7.15. The zero-order chi connectivity index (χ0) is 20.5. The largest absolute Gasteiger partial charge is 0.469 e. The van der Waals surface area contributed by atoms with Gasteiger partial charge in [-0.1, -0.05) is 13.0 Å². The van der Waals surface area contributed by atoms with Crippen LogP contribution >= 0.6 is 0 Å². The first-order valence-electron chi connectivity index (χ1n) is 9.78. The fraction of sp³-hybridized carbons (Fsp3) is 0.684. The highest BCUT2D eigenvalue weighted by Crippen LogP contribution is 2.21. The summed E-state index contributed by atoms with van der Waals surface area (Å²) in [4.78, 5) is 50.5. The van der Waals surface area contributed by atoms with Gasteiger partial charge in [-0.2, -0.15) is 0 Å². The minimum atomic E-state index is -0.755. The zero-order valence-electron chi connectivity index (χ0n) is 16.4. The number of amides is 3. The van der Waals surface area contributed by atoms with Crippen LogP contribution in [0.25, 0.3) is 0 Å². The van der Waals surface area contributed by atoms with Crippen molar-refractivity contribution in [1.82, 2.24) is 20.9 Å². The molecule has 2 saturated heterocycles. The van der Waals surface area contributed by atoms with E-state index in [2.05, 4.69) is 27.3 Å². The highest BCUT2D eigenvalue weighted by Gasteiger charge is 2.32. The first kappa shape index (κ1) is 21.7. The summed E-state index contributed by atoms with van der Waals surface area (Å²) in [7, 11) is 1.33. The van der Waals surface area contributed by atoms with Gasteiger partial charge in [-0.3, -0.25) is 19.2 Å². The fourth-order valence-electron chi connectivity index (χ4n) is 3.49. The monoisotopic (exact) mass is 394 g/mol. The molecule has 0 radical (unpaired) electrons. The topological polar surface area (TPSA) is 117 Å². The van der Waals surface area contributed by atoms with Gasteiger partial charge in [-0.25, -0.2) is 0 Å². The molecule has 0 saturated carbocycles. The quantitative estimate of drug-likeness (QED) is 0.440. The van der Waals surface area contributed by atoms with Crippen LogP contribution in [0.15, 0.2) is 12.3 Å². The Morgan fingerprint density at radius 2 is 1.93 bits per heavy atom. The molecule has 0 aliphatic carbocycles. The third-order valence-corrected chi connectivity index (χ3v) is 5.11. The number of unbranched alkanes of at least 4 members (excludes halogenated alkanes) is 1. The van der Waals surface area contributed by atoms with Crippen molar-refractivity contribution in [3.63, 3.8) is 0 Å². The molecule has 28 heavy (non-hydrogen) atoms. The zero-order valence-corrected chi connectivity index (χ0v) is 16.4. The molecule has 0 bridgehead atoms. The average molecular weight is 394 g/mol. The number of methoxy groups -OCH3 is 1. The third kappa shape index (κ3) is 6.24. The number of fused-ring (bicyclic) bond motifs is 1. The molecular formula is C19H30N4O5. The van der Waals surface area contributed by atoms with E-state index in [0.29, 0.717) is 37.9 Å². The second-order valence-corrected chi connectivity index (χ2v) is 7.15. The number of nitrogens with zero attached hydrogens (tertiary/aromatic N) is 1. The van der Waals surface area contributed by atoms with Crippen LogP contribution in [-0.2, 0) is 23.9 Å². The van der Waals surface area contributed by atoms with Crippen molar-refractivity contribution in [1.29, 1.82) is 0 Å². The second kappa shape index (κ2) is 10.7. The SMILES string of the molecule is C=C1CNC(=O)CNC(=O)[C@H](CCCCC(=O)OC)NC(=O)C2CCCCN12. The number of ether oxygens (including phenoxy) is 1. The number of rotatable bonds is 5. The van der Waals surface area contributed by atoms with E-state index in [4.69, 9.17) is 0 Å². The predicted octanol–water partition coefficient (Wildman–Crippen LogP) is -0.181. The van der Waals surface area contributed by atoms with Crippen molar-refractivity contribution < 1.29 is 23.9 Å². The molecule has 156 valence electrons. The molecule has 0 spiro atoms. The molecule has 0 aromatic rings. The number of hydrogen-bond donors (Lipinski definition) is 3. The summed E-state index contributed by atoms with van der Waals surface area (Å²) in [5.41, 5.74) is 0.690. The Bertz CT molecular complexity index is 621. The Kier molecular flexibility index (Phi) is 8.28. The molecule has 9 nitrogen and oxygen atoms in total. The van der Waals surface area contributed by atoms with Gasteiger partial charge in [0.2, 0.25) is 17.7 Å². The van der Waals surface area contributed by atoms with Crippen LogP contribution in [0, 0.1) is 0 Å². The van der Waals surface area contributed by atoms with Gasteiger partial charge >= 0.3 is 5.97 Å². The lowest BCUT2D eigenvalue weighted by Gasteiger charge is -2.38. The van der Waals surface area contributed by atoms with E-state index in [1.165, 1.54) is 7.11 Å². The normalized spacial score (nSPS) is 24.1. The Labute approximate surface area is 165 Å². The molecule has 2 rings (SSSR count). The lowest BCUT2D eigenvalue weighted by atomic mass is 9.99. The number of nitrogens with one attached hydrogen (secondary N) is 3. The standard InChI is InChI=1S/C19H30N4O5/c1-13-11-20-16(24)12-21-18(26)14(7-3-4-9-17(25)28-2)22-19(27)15-8-5-6-10-23(13)15/h14-15H,1,3-12H2,2H3,(H,20,24)(H,21,26)(H,22,27)/t14-,15?/m0/s1. The first-order valence-corrected chi connectivity index (χ1v) is 9.78. The molecule has 0 aromatic carbocycles. The number of carbonyl (C=O) groups is 4. The van der Waals surface area contributed by atoms with Gasteiger partial charge in [0.25, 0.3) is 0 Å². The van der Waals surface area contributed by atoms with Gasteiger partial charge in [0.05, 0.1) is 20.2 Å². The summed E-state index contributed by atoms with van der Waals surface area (Å²) < 4.78 is 4.61. The fourth-order valence-corrected chi connectivity index (χ4v) is 3.49. The van der Waals surface area contributed by atoms with E-state index >= 15 is 0 Å². The highest BCUT2D eigenvalue weighted by atomic mass is 16.5. The van der Waals surface area contributed by atoms with Gasteiger partial charge < -0.3 is 25.6 Å². The van der Waals surface area contributed by atoms with E-state index in [-0.39, 0.29) is 37.3 Å². The van der Waals surface area contributed by atoms with Crippen LogP contribution in [0.4, 0.5) is 0 Å². The molecule has 2 atom stereocenters. The van der Waals surface area contributed by atoms with Crippen LogP contribution in [-0.4, -0.2) is 67.4 Å². The number of carbonyl (C=O) groups excluding carboxylic acids is 4. The van der Waals surface area contributed by atoms with Crippen LogP contribution in [0.3, 0.4) is 0 Å². The Hall–Kier alpha value is -2.58. The van der Waals surface area contributed by atoms with Crippen LogP contribution in [0.2, 0.25) is 0 Å². The highest BCUT2D eigenvalue weighted by molar-refractivity contribution is 5.92. The van der Waals surface area contributed by atoms with Gasteiger partial charge in [0.1, 0.15) is 12.1 Å². The summed E-state index contributed by atoms with van der Waals surface area (Å²) in [5, 5.41) is 8.13. The predicted molar refractivity (Wildman–Crippen MR) is 102 cm³/mol. The van der Waals surface area contributed by atoms with Gasteiger partial charge in [-0.05, 0) is 32.1 Å². The maximum atomic E-state index is 12.9. The van der Waals surface area contributed by atoms with Crippen molar-refractivity contribution in [3.05, 3.63) is 12.3 Å². The molecule has 2 aliphatic rings.